The Bertz CT molecular complexity index is 272. The molecule has 0 bridgehead atoms. The van der Waals surface area contributed by atoms with Crippen LogP contribution in [0.5, 0.6) is 0 Å². The predicted molar refractivity (Wildman–Crippen MR) is 61.7 cm³/mol. The van der Waals surface area contributed by atoms with Crippen LogP contribution in [-0.2, 0) is 9.59 Å². The second-order valence-corrected chi connectivity index (χ2v) is 4.01. The summed E-state index contributed by atoms with van der Waals surface area (Å²) in [6.07, 6.45) is 2.32. The molecule has 0 aliphatic carbocycles. The summed E-state index contributed by atoms with van der Waals surface area (Å²) in [4.78, 5) is 32.6. The summed E-state index contributed by atoms with van der Waals surface area (Å²) >= 11 is 1.54. The van der Waals surface area contributed by atoms with Crippen LogP contribution in [0, 0.1) is 0 Å². The van der Waals surface area contributed by atoms with Crippen LogP contribution in [0.25, 0.3) is 0 Å². The smallest absolute Gasteiger partial charge is 0.312 e. The predicted octanol–water partition coefficient (Wildman–Crippen LogP) is -1.62. The number of nitrogens with two attached hydrogens (primary N) is 2. The molecule has 0 spiro atoms. The average molecular weight is 248 g/mol. The number of rotatable bonds is 7. The highest BCUT2D eigenvalue weighted by Crippen LogP contribution is 2.00. The molecule has 0 saturated carbocycles. The van der Waals surface area contributed by atoms with E-state index in [1.807, 2.05) is 6.26 Å². The molecular weight excluding hydrogens is 232 g/mol. The lowest BCUT2D eigenvalue weighted by molar-refractivity contribution is -0.126. The standard InChI is InChI=1S/C8H16N4O3S/c1-16-3-2-5(12-8(10)15)7(14)11-4-6(9)13/h5H,2-4H2,1H3,(H2,9,13)(H,11,14)(H3,10,12,15). The summed E-state index contributed by atoms with van der Waals surface area (Å²) in [5.41, 5.74) is 9.80. The molecule has 6 N–H and O–H groups in total. The van der Waals surface area contributed by atoms with Gasteiger partial charge in [0.1, 0.15) is 6.04 Å². The molecule has 4 amide bonds. The van der Waals surface area contributed by atoms with Crippen molar-refractivity contribution in [2.45, 2.75) is 12.5 Å². The molecule has 7 nitrogen and oxygen atoms in total. The number of carbonyl (C=O) groups is 3. The van der Waals surface area contributed by atoms with E-state index in [4.69, 9.17) is 11.5 Å². The average Bonchev–Trinajstić information content (AvgIpc) is 2.20. The molecule has 92 valence electrons. The second kappa shape index (κ2) is 7.80. The summed E-state index contributed by atoms with van der Waals surface area (Å²) < 4.78 is 0. The molecule has 0 aliphatic rings. The number of urea groups is 1. The Morgan fingerprint density at radius 1 is 1.31 bits per heavy atom. The Hall–Kier alpha value is -1.44. The number of thioether (sulfide) groups is 1. The van der Waals surface area contributed by atoms with Crippen molar-refractivity contribution in [2.75, 3.05) is 18.6 Å². The number of hydrogen-bond acceptors (Lipinski definition) is 4. The number of hydrogen-bond donors (Lipinski definition) is 4. The van der Waals surface area contributed by atoms with Gasteiger partial charge >= 0.3 is 6.03 Å². The van der Waals surface area contributed by atoms with Gasteiger partial charge in [-0.2, -0.15) is 11.8 Å². The topological polar surface area (TPSA) is 127 Å². The minimum absolute atomic E-state index is 0.255. The zero-order valence-electron chi connectivity index (χ0n) is 8.99. The third kappa shape index (κ3) is 6.93. The first-order valence-corrected chi connectivity index (χ1v) is 5.97. The van der Waals surface area contributed by atoms with Crippen LogP contribution in [0.3, 0.4) is 0 Å². The van der Waals surface area contributed by atoms with Gasteiger partial charge in [0.2, 0.25) is 11.8 Å². The van der Waals surface area contributed by atoms with Crippen LogP contribution in [0.15, 0.2) is 0 Å². The van der Waals surface area contributed by atoms with Gasteiger partial charge in [0.25, 0.3) is 0 Å². The van der Waals surface area contributed by atoms with E-state index in [2.05, 4.69) is 10.6 Å². The molecule has 0 aliphatic heterocycles. The first-order chi connectivity index (χ1) is 7.47. The molecule has 0 radical (unpaired) electrons. The third-order valence-corrected chi connectivity index (χ3v) is 2.32. The minimum atomic E-state index is -0.777. The van der Waals surface area contributed by atoms with E-state index in [0.29, 0.717) is 12.2 Å². The Balaban J connectivity index is 4.19. The normalized spacial score (nSPS) is 11.6. The summed E-state index contributed by atoms with van der Waals surface area (Å²) in [6, 6.07) is -1.51. The van der Waals surface area contributed by atoms with E-state index in [1.165, 1.54) is 11.8 Å². The van der Waals surface area contributed by atoms with Crippen molar-refractivity contribution in [3.8, 4) is 0 Å². The van der Waals surface area contributed by atoms with Crippen molar-refractivity contribution >= 4 is 29.6 Å². The number of primary amides is 2. The van der Waals surface area contributed by atoms with Crippen LogP contribution in [0.4, 0.5) is 4.79 Å². The van der Waals surface area contributed by atoms with Crippen molar-refractivity contribution < 1.29 is 14.4 Å². The van der Waals surface area contributed by atoms with Gasteiger partial charge in [-0.15, -0.1) is 0 Å². The first-order valence-electron chi connectivity index (χ1n) is 4.58. The Labute approximate surface area is 97.7 Å². The highest BCUT2D eigenvalue weighted by Gasteiger charge is 2.19. The maximum atomic E-state index is 11.5. The fraction of sp³-hybridized carbons (Fsp3) is 0.625. The molecule has 1 atom stereocenters. The van der Waals surface area contributed by atoms with E-state index in [0.717, 1.165) is 0 Å². The van der Waals surface area contributed by atoms with Crippen molar-refractivity contribution in [3.05, 3.63) is 0 Å². The lowest BCUT2D eigenvalue weighted by Gasteiger charge is -2.16. The van der Waals surface area contributed by atoms with Gasteiger partial charge in [-0.3, -0.25) is 9.59 Å². The largest absolute Gasteiger partial charge is 0.368 e. The Morgan fingerprint density at radius 3 is 2.38 bits per heavy atom. The van der Waals surface area contributed by atoms with Gasteiger partial charge in [0, 0.05) is 0 Å². The molecule has 0 aromatic carbocycles. The van der Waals surface area contributed by atoms with Gasteiger partial charge in [0.05, 0.1) is 6.54 Å². The number of amides is 4. The summed E-state index contributed by atoms with van der Waals surface area (Å²) in [6.45, 7) is -0.255. The zero-order chi connectivity index (χ0) is 12.6. The van der Waals surface area contributed by atoms with E-state index in [1.54, 1.807) is 0 Å². The van der Waals surface area contributed by atoms with Crippen molar-refractivity contribution in [1.82, 2.24) is 10.6 Å². The van der Waals surface area contributed by atoms with Gasteiger partial charge in [-0.25, -0.2) is 4.79 Å². The highest BCUT2D eigenvalue weighted by atomic mass is 32.2. The summed E-state index contributed by atoms with van der Waals surface area (Å²) in [5.74, 6) is -0.419. The van der Waals surface area contributed by atoms with Crippen molar-refractivity contribution in [1.29, 1.82) is 0 Å². The van der Waals surface area contributed by atoms with Gasteiger partial charge in [-0.05, 0) is 18.4 Å². The van der Waals surface area contributed by atoms with E-state index in [-0.39, 0.29) is 6.54 Å². The third-order valence-electron chi connectivity index (χ3n) is 1.68. The first kappa shape index (κ1) is 14.6. The van der Waals surface area contributed by atoms with Crippen LogP contribution < -0.4 is 22.1 Å². The molecule has 0 rings (SSSR count). The monoisotopic (exact) mass is 248 g/mol. The van der Waals surface area contributed by atoms with Crippen molar-refractivity contribution in [3.63, 3.8) is 0 Å². The molecular formula is C8H16N4O3S. The fourth-order valence-electron chi connectivity index (χ4n) is 0.974. The van der Waals surface area contributed by atoms with Crippen LogP contribution in [-0.4, -0.2) is 42.4 Å². The Morgan fingerprint density at radius 2 is 1.94 bits per heavy atom. The molecule has 0 saturated heterocycles. The minimum Gasteiger partial charge on any atom is -0.368 e. The molecule has 1 unspecified atom stereocenters. The Kier molecular flexibility index (Phi) is 7.10. The van der Waals surface area contributed by atoms with Crippen LogP contribution >= 0.6 is 11.8 Å². The van der Waals surface area contributed by atoms with Crippen molar-refractivity contribution in [2.24, 2.45) is 11.5 Å². The van der Waals surface area contributed by atoms with E-state index < -0.39 is 23.9 Å². The molecule has 0 aromatic heterocycles. The maximum absolute atomic E-state index is 11.5. The quantitative estimate of drug-likeness (QED) is 0.431. The maximum Gasteiger partial charge on any atom is 0.312 e. The molecule has 0 aromatic rings. The lowest BCUT2D eigenvalue weighted by Crippen LogP contribution is -2.50. The highest BCUT2D eigenvalue weighted by molar-refractivity contribution is 7.98. The van der Waals surface area contributed by atoms with Gasteiger partial charge in [0.15, 0.2) is 0 Å². The van der Waals surface area contributed by atoms with Crippen LogP contribution in [0.2, 0.25) is 0 Å². The van der Waals surface area contributed by atoms with Gasteiger partial charge in [-0.1, -0.05) is 0 Å². The second-order valence-electron chi connectivity index (χ2n) is 3.03. The van der Waals surface area contributed by atoms with E-state index in [9.17, 15) is 14.4 Å². The van der Waals surface area contributed by atoms with E-state index >= 15 is 0 Å². The van der Waals surface area contributed by atoms with Gasteiger partial charge < -0.3 is 22.1 Å². The fourth-order valence-corrected chi connectivity index (χ4v) is 1.45. The van der Waals surface area contributed by atoms with Crippen LogP contribution in [0.1, 0.15) is 6.42 Å². The zero-order valence-corrected chi connectivity index (χ0v) is 9.80. The summed E-state index contributed by atoms with van der Waals surface area (Å²) in [7, 11) is 0. The molecule has 8 heteroatoms. The summed E-state index contributed by atoms with van der Waals surface area (Å²) in [5, 5.41) is 4.60. The molecule has 0 fully saturated rings. The lowest BCUT2D eigenvalue weighted by atomic mass is 10.2. The number of nitrogens with one attached hydrogen (secondary N) is 2. The molecule has 0 heterocycles. The molecule has 16 heavy (non-hydrogen) atoms. The SMILES string of the molecule is CSCCC(NC(N)=O)C(=O)NCC(N)=O. The number of carbonyl (C=O) groups excluding carboxylic acids is 3.